The molecule has 168 valence electrons. The second-order valence-corrected chi connectivity index (χ2v) is 7.96. The number of nitrogens with zero attached hydrogens (tertiary/aromatic N) is 5. The number of carbonyl (C=O) groups excluding carboxylic acids is 1. The summed E-state index contributed by atoms with van der Waals surface area (Å²) in [7, 11) is 1.78. The third kappa shape index (κ3) is 3.93. The van der Waals surface area contributed by atoms with E-state index in [2.05, 4.69) is 38.6 Å². The second kappa shape index (κ2) is 8.67. The molecule has 0 atom stereocenters. The molecule has 2 N–H and O–H groups in total. The Bertz CT molecular complexity index is 1530. The van der Waals surface area contributed by atoms with Crippen molar-refractivity contribution in [1.82, 2.24) is 29.7 Å². The Morgan fingerprint density at radius 3 is 2.76 bits per heavy atom. The Balaban J connectivity index is 1.38. The summed E-state index contributed by atoms with van der Waals surface area (Å²) in [5, 5.41) is 12.7. The number of aromatic nitrogens is 5. The van der Waals surface area contributed by atoms with Crippen molar-refractivity contribution < 1.29 is 4.79 Å². The van der Waals surface area contributed by atoms with Crippen molar-refractivity contribution in [3.63, 3.8) is 0 Å². The van der Waals surface area contributed by atoms with Crippen molar-refractivity contribution in [3.8, 4) is 11.1 Å². The highest BCUT2D eigenvalue weighted by Crippen LogP contribution is 2.31. The first kappa shape index (κ1) is 21.1. The van der Waals surface area contributed by atoms with Crippen LogP contribution in [0.15, 0.2) is 92.1 Å². The van der Waals surface area contributed by atoms with Gasteiger partial charge in [0.05, 0.1) is 18.3 Å². The number of amides is 1. The average molecular weight is 450 g/mol. The molecule has 0 aliphatic rings. The Hall–Kier alpha value is -4.72. The minimum atomic E-state index is -0.0744. The molecular weight excluding hydrogens is 426 g/mol. The maximum absolute atomic E-state index is 13.0. The number of anilines is 1. The number of hydrogen-bond donors (Lipinski definition) is 2. The van der Waals surface area contributed by atoms with Crippen LogP contribution in [0.5, 0.6) is 0 Å². The van der Waals surface area contributed by atoms with Gasteiger partial charge in [0.15, 0.2) is 0 Å². The maximum atomic E-state index is 13.0. The molecule has 0 saturated heterocycles. The first-order valence-corrected chi connectivity index (χ1v) is 10.7. The summed E-state index contributed by atoms with van der Waals surface area (Å²) >= 11 is 0. The molecule has 1 aromatic carbocycles. The van der Waals surface area contributed by atoms with Gasteiger partial charge in [0.1, 0.15) is 5.65 Å². The number of hydrogen-bond acceptors (Lipinski definition) is 5. The Morgan fingerprint density at radius 1 is 1.15 bits per heavy atom. The molecule has 4 aromatic heterocycles. The van der Waals surface area contributed by atoms with Gasteiger partial charge in [-0.25, -0.2) is 4.98 Å². The van der Waals surface area contributed by atoms with Crippen LogP contribution < -0.4 is 5.32 Å². The minimum absolute atomic E-state index is 0.0744. The first-order valence-electron chi connectivity index (χ1n) is 10.7. The monoisotopic (exact) mass is 449 g/mol. The van der Waals surface area contributed by atoms with E-state index < -0.39 is 0 Å². The van der Waals surface area contributed by atoms with Gasteiger partial charge in [-0.1, -0.05) is 13.2 Å². The molecule has 0 spiro atoms. The van der Waals surface area contributed by atoms with Gasteiger partial charge >= 0.3 is 0 Å². The average Bonchev–Trinajstić information content (AvgIpc) is 3.47. The highest BCUT2D eigenvalue weighted by atomic mass is 16.2. The SMILES string of the molecule is C=CC(=C)Nc1ccc(C(=O)N(C)Cc2cc3c(-c4cnn5ncccc45)ccnc3[nH]2)cc1. The lowest BCUT2D eigenvalue weighted by Crippen LogP contribution is -2.26. The number of nitrogens with one attached hydrogen (secondary N) is 2. The Kier molecular flexibility index (Phi) is 5.39. The summed E-state index contributed by atoms with van der Waals surface area (Å²) in [4.78, 5) is 22.5. The summed E-state index contributed by atoms with van der Waals surface area (Å²) in [6, 6.07) is 15.2. The topological polar surface area (TPSA) is 91.2 Å². The van der Waals surface area contributed by atoms with E-state index in [1.165, 1.54) is 0 Å². The van der Waals surface area contributed by atoms with Crippen LogP contribution in [0.2, 0.25) is 0 Å². The van der Waals surface area contributed by atoms with Crippen LogP contribution >= 0.6 is 0 Å². The van der Waals surface area contributed by atoms with Crippen LogP contribution in [0.25, 0.3) is 27.7 Å². The van der Waals surface area contributed by atoms with Crippen molar-refractivity contribution in [2.45, 2.75) is 6.54 Å². The molecule has 1 amide bonds. The maximum Gasteiger partial charge on any atom is 0.253 e. The molecule has 0 aliphatic heterocycles. The number of benzene rings is 1. The van der Waals surface area contributed by atoms with Crippen LogP contribution in [0.3, 0.4) is 0 Å². The summed E-state index contributed by atoms with van der Waals surface area (Å²) in [6.07, 6.45) is 6.92. The van der Waals surface area contributed by atoms with Gasteiger partial charge in [-0.2, -0.15) is 14.8 Å². The number of pyridine rings is 1. The highest BCUT2D eigenvalue weighted by molar-refractivity contribution is 5.98. The van der Waals surface area contributed by atoms with Gasteiger partial charge < -0.3 is 15.2 Å². The smallest absolute Gasteiger partial charge is 0.253 e. The van der Waals surface area contributed by atoms with Crippen molar-refractivity contribution in [2.75, 3.05) is 12.4 Å². The molecule has 34 heavy (non-hydrogen) atoms. The fourth-order valence-electron chi connectivity index (χ4n) is 3.92. The molecule has 5 rings (SSSR count). The molecule has 0 unspecified atom stereocenters. The first-order chi connectivity index (χ1) is 16.5. The molecule has 8 nitrogen and oxygen atoms in total. The standard InChI is InChI=1S/C26H23N7O/c1-4-17(2)30-19-9-7-18(8-10-19)26(34)32(3)16-20-14-22-21(11-13-27-25(22)31-20)23-15-29-33-24(23)6-5-12-28-33/h4-15,30H,1-2,16H2,3H3,(H,27,31). The van der Waals surface area contributed by atoms with E-state index in [-0.39, 0.29) is 5.91 Å². The summed E-state index contributed by atoms with van der Waals surface area (Å²) in [5.41, 5.74) is 6.70. The van der Waals surface area contributed by atoms with Gasteiger partial charge in [0, 0.05) is 53.0 Å². The van der Waals surface area contributed by atoms with Crippen LogP contribution in [0, 0.1) is 0 Å². The highest BCUT2D eigenvalue weighted by Gasteiger charge is 2.16. The fourth-order valence-corrected chi connectivity index (χ4v) is 3.92. The zero-order chi connectivity index (χ0) is 23.7. The number of carbonyl (C=O) groups is 1. The lowest BCUT2D eigenvalue weighted by atomic mass is 10.1. The quantitative estimate of drug-likeness (QED) is 0.353. The molecule has 0 saturated carbocycles. The molecule has 0 bridgehead atoms. The van der Waals surface area contributed by atoms with Crippen molar-refractivity contribution >= 4 is 28.1 Å². The summed E-state index contributed by atoms with van der Waals surface area (Å²) in [6.45, 7) is 7.93. The van der Waals surface area contributed by atoms with E-state index in [9.17, 15) is 4.79 Å². The molecule has 4 heterocycles. The van der Waals surface area contributed by atoms with Crippen LogP contribution in [0.1, 0.15) is 16.1 Å². The van der Waals surface area contributed by atoms with Gasteiger partial charge in [-0.3, -0.25) is 4.79 Å². The molecular formula is C26H23N7O. The van der Waals surface area contributed by atoms with Crippen molar-refractivity contribution in [3.05, 3.63) is 103 Å². The van der Waals surface area contributed by atoms with Gasteiger partial charge in [0.25, 0.3) is 5.91 Å². The molecule has 0 radical (unpaired) electrons. The zero-order valence-electron chi connectivity index (χ0n) is 18.7. The van der Waals surface area contributed by atoms with E-state index >= 15 is 0 Å². The van der Waals surface area contributed by atoms with Crippen molar-refractivity contribution in [1.29, 1.82) is 0 Å². The second-order valence-electron chi connectivity index (χ2n) is 7.96. The van der Waals surface area contributed by atoms with Crippen LogP contribution in [-0.2, 0) is 6.54 Å². The fraction of sp³-hybridized carbons (Fsp3) is 0.0769. The van der Waals surface area contributed by atoms with E-state index in [1.807, 2.05) is 42.6 Å². The van der Waals surface area contributed by atoms with Gasteiger partial charge in [0.2, 0.25) is 0 Å². The summed E-state index contributed by atoms with van der Waals surface area (Å²) < 4.78 is 1.61. The molecule has 0 fully saturated rings. The predicted molar refractivity (Wildman–Crippen MR) is 133 cm³/mol. The zero-order valence-corrected chi connectivity index (χ0v) is 18.7. The number of rotatable bonds is 7. The molecule has 0 aliphatic carbocycles. The predicted octanol–water partition coefficient (Wildman–Crippen LogP) is 4.66. The number of H-pyrrole nitrogens is 1. The number of allylic oxidation sites excluding steroid dienone is 1. The third-order valence-electron chi connectivity index (χ3n) is 5.62. The third-order valence-corrected chi connectivity index (χ3v) is 5.62. The largest absolute Gasteiger partial charge is 0.356 e. The normalized spacial score (nSPS) is 11.0. The van der Waals surface area contributed by atoms with E-state index in [0.717, 1.165) is 39.1 Å². The lowest BCUT2D eigenvalue weighted by Gasteiger charge is -2.16. The minimum Gasteiger partial charge on any atom is -0.356 e. The number of fused-ring (bicyclic) bond motifs is 2. The van der Waals surface area contributed by atoms with E-state index in [1.54, 1.807) is 47.2 Å². The van der Waals surface area contributed by atoms with Crippen LogP contribution in [-0.4, -0.2) is 42.7 Å². The van der Waals surface area contributed by atoms with Gasteiger partial charge in [-0.15, -0.1) is 0 Å². The van der Waals surface area contributed by atoms with E-state index in [4.69, 9.17) is 0 Å². The Morgan fingerprint density at radius 2 is 1.97 bits per heavy atom. The molecule has 5 aromatic rings. The van der Waals surface area contributed by atoms with Crippen molar-refractivity contribution in [2.24, 2.45) is 0 Å². The van der Waals surface area contributed by atoms with Crippen LogP contribution in [0.4, 0.5) is 5.69 Å². The molecule has 8 heteroatoms. The van der Waals surface area contributed by atoms with Gasteiger partial charge in [-0.05, 0) is 60.2 Å². The summed E-state index contributed by atoms with van der Waals surface area (Å²) in [5.74, 6) is -0.0744. The number of aromatic amines is 1. The Labute approximate surface area is 196 Å². The lowest BCUT2D eigenvalue weighted by molar-refractivity contribution is 0.0783. The van der Waals surface area contributed by atoms with E-state index in [0.29, 0.717) is 17.8 Å².